The van der Waals surface area contributed by atoms with Gasteiger partial charge < -0.3 is 5.32 Å². The minimum Gasteiger partial charge on any atom is -0.382 e. The molecule has 2 aromatic carbocycles. The SMILES string of the molecule is CC(=O)c1ccc(F)c(NCC(C)(C)c2ccccc2)c1. The third-order valence-corrected chi connectivity index (χ3v) is 3.65. The van der Waals surface area contributed by atoms with Crippen molar-refractivity contribution in [3.8, 4) is 0 Å². The first-order chi connectivity index (χ1) is 9.90. The van der Waals surface area contributed by atoms with E-state index in [1.165, 1.54) is 24.6 Å². The molecule has 0 heterocycles. The Hall–Kier alpha value is -2.16. The number of anilines is 1. The lowest BCUT2D eigenvalue weighted by Gasteiger charge is -2.26. The van der Waals surface area contributed by atoms with Gasteiger partial charge in [0.15, 0.2) is 5.78 Å². The Kier molecular flexibility index (Phi) is 4.41. The minimum absolute atomic E-state index is 0.0691. The van der Waals surface area contributed by atoms with Crippen LogP contribution in [0.5, 0.6) is 0 Å². The summed E-state index contributed by atoms with van der Waals surface area (Å²) in [6, 6.07) is 14.5. The van der Waals surface area contributed by atoms with Gasteiger partial charge in [0.25, 0.3) is 0 Å². The van der Waals surface area contributed by atoms with Gasteiger partial charge >= 0.3 is 0 Å². The average molecular weight is 285 g/mol. The normalized spacial score (nSPS) is 11.2. The summed E-state index contributed by atoms with van der Waals surface area (Å²) in [5, 5.41) is 3.12. The molecule has 0 atom stereocenters. The van der Waals surface area contributed by atoms with Crippen LogP contribution in [0.15, 0.2) is 48.5 Å². The number of hydrogen-bond donors (Lipinski definition) is 1. The Morgan fingerprint density at radius 1 is 1.14 bits per heavy atom. The van der Waals surface area contributed by atoms with Crippen LogP contribution in [0.3, 0.4) is 0 Å². The van der Waals surface area contributed by atoms with Crippen LogP contribution in [0.4, 0.5) is 10.1 Å². The van der Waals surface area contributed by atoms with Gasteiger partial charge in [0, 0.05) is 17.5 Å². The van der Waals surface area contributed by atoms with Crippen molar-refractivity contribution in [3.05, 3.63) is 65.5 Å². The average Bonchev–Trinajstić information content (AvgIpc) is 2.47. The summed E-state index contributed by atoms with van der Waals surface area (Å²) in [7, 11) is 0. The third kappa shape index (κ3) is 3.69. The molecule has 0 fully saturated rings. The molecule has 0 aromatic heterocycles. The van der Waals surface area contributed by atoms with Crippen LogP contribution in [0.25, 0.3) is 0 Å². The van der Waals surface area contributed by atoms with Crippen molar-refractivity contribution < 1.29 is 9.18 Å². The fourth-order valence-electron chi connectivity index (χ4n) is 2.19. The molecule has 3 heteroatoms. The lowest BCUT2D eigenvalue weighted by Crippen LogP contribution is -2.27. The summed E-state index contributed by atoms with van der Waals surface area (Å²) in [5.41, 5.74) is 1.92. The van der Waals surface area contributed by atoms with Crippen molar-refractivity contribution in [1.82, 2.24) is 0 Å². The number of benzene rings is 2. The number of ketones is 1. The highest BCUT2D eigenvalue weighted by molar-refractivity contribution is 5.94. The molecule has 0 aliphatic heterocycles. The van der Waals surface area contributed by atoms with Crippen molar-refractivity contribution >= 4 is 11.5 Å². The van der Waals surface area contributed by atoms with Crippen molar-refractivity contribution in [2.75, 3.05) is 11.9 Å². The van der Waals surface area contributed by atoms with Crippen molar-refractivity contribution in [2.24, 2.45) is 0 Å². The molecule has 2 aromatic rings. The molecule has 0 saturated heterocycles. The van der Waals surface area contributed by atoms with E-state index in [-0.39, 0.29) is 17.0 Å². The van der Waals surface area contributed by atoms with E-state index in [0.717, 1.165) is 0 Å². The van der Waals surface area contributed by atoms with Crippen molar-refractivity contribution in [1.29, 1.82) is 0 Å². The Morgan fingerprint density at radius 3 is 2.43 bits per heavy atom. The van der Waals surface area contributed by atoms with Crippen LogP contribution < -0.4 is 5.32 Å². The van der Waals surface area contributed by atoms with Crippen LogP contribution in [-0.2, 0) is 5.41 Å². The van der Waals surface area contributed by atoms with Crippen molar-refractivity contribution in [2.45, 2.75) is 26.2 Å². The molecule has 1 N–H and O–H groups in total. The van der Waals surface area contributed by atoms with E-state index in [2.05, 4.69) is 31.3 Å². The topological polar surface area (TPSA) is 29.1 Å². The van der Waals surface area contributed by atoms with E-state index < -0.39 is 0 Å². The van der Waals surface area contributed by atoms with E-state index in [4.69, 9.17) is 0 Å². The largest absolute Gasteiger partial charge is 0.382 e. The van der Waals surface area contributed by atoms with Gasteiger partial charge in [-0.15, -0.1) is 0 Å². The standard InChI is InChI=1S/C18H20FNO/c1-13(21)14-9-10-16(19)17(11-14)20-12-18(2,3)15-7-5-4-6-8-15/h4-11,20H,12H2,1-3H3. The molecule has 0 saturated carbocycles. The fourth-order valence-corrected chi connectivity index (χ4v) is 2.19. The number of hydrogen-bond acceptors (Lipinski definition) is 2. The number of nitrogens with one attached hydrogen (secondary N) is 1. The molecule has 0 aliphatic carbocycles. The van der Waals surface area contributed by atoms with E-state index in [1.807, 2.05) is 18.2 Å². The quantitative estimate of drug-likeness (QED) is 0.824. The predicted molar refractivity (Wildman–Crippen MR) is 84.4 cm³/mol. The fraction of sp³-hybridized carbons (Fsp3) is 0.278. The highest BCUT2D eigenvalue weighted by Gasteiger charge is 2.20. The number of carbonyl (C=O) groups is 1. The zero-order valence-corrected chi connectivity index (χ0v) is 12.6. The molecule has 0 bridgehead atoms. The lowest BCUT2D eigenvalue weighted by molar-refractivity contribution is 0.101. The Labute approximate surface area is 125 Å². The second kappa shape index (κ2) is 6.08. The van der Waals surface area contributed by atoms with E-state index in [9.17, 15) is 9.18 Å². The minimum atomic E-state index is -0.344. The Morgan fingerprint density at radius 2 is 1.81 bits per heavy atom. The van der Waals surface area contributed by atoms with Gasteiger partial charge in [-0.1, -0.05) is 44.2 Å². The van der Waals surface area contributed by atoms with Gasteiger partial charge in [-0.05, 0) is 30.7 Å². The van der Waals surface area contributed by atoms with Gasteiger partial charge in [-0.25, -0.2) is 4.39 Å². The molecule has 21 heavy (non-hydrogen) atoms. The van der Waals surface area contributed by atoms with Crippen LogP contribution in [0.1, 0.15) is 36.7 Å². The Balaban J connectivity index is 2.16. The van der Waals surface area contributed by atoms with Crippen LogP contribution >= 0.6 is 0 Å². The monoisotopic (exact) mass is 285 g/mol. The summed E-state index contributed by atoms with van der Waals surface area (Å²) >= 11 is 0. The molecule has 0 amide bonds. The maximum absolute atomic E-state index is 13.8. The summed E-state index contributed by atoms with van der Waals surface area (Å²) in [6.45, 7) is 6.25. The second-order valence-corrected chi connectivity index (χ2v) is 5.85. The summed E-state index contributed by atoms with van der Waals surface area (Å²) in [5.74, 6) is -0.413. The molecule has 0 radical (unpaired) electrons. The van der Waals surface area contributed by atoms with Crippen LogP contribution in [0.2, 0.25) is 0 Å². The number of halogens is 1. The van der Waals surface area contributed by atoms with Gasteiger partial charge in [0.1, 0.15) is 5.82 Å². The molecular formula is C18H20FNO. The number of Topliss-reactive ketones (excluding diaryl/α,β-unsaturated/α-hetero) is 1. The summed E-state index contributed by atoms with van der Waals surface area (Å²) in [4.78, 5) is 11.4. The van der Waals surface area contributed by atoms with Gasteiger partial charge in [0.2, 0.25) is 0 Å². The zero-order valence-electron chi connectivity index (χ0n) is 12.6. The molecule has 0 aliphatic rings. The molecule has 0 unspecified atom stereocenters. The smallest absolute Gasteiger partial charge is 0.159 e. The zero-order chi connectivity index (χ0) is 15.5. The molecule has 0 spiro atoms. The Bertz CT molecular complexity index is 635. The first-order valence-corrected chi connectivity index (χ1v) is 7.00. The predicted octanol–water partition coefficient (Wildman–Crippen LogP) is 4.42. The van der Waals surface area contributed by atoms with Gasteiger partial charge in [-0.3, -0.25) is 4.79 Å². The molecular weight excluding hydrogens is 265 g/mol. The second-order valence-electron chi connectivity index (χ2n) is 5.85. The molecule has 2 nitrogen and oxygen atoms in total. The van der Waals surface area contributed by atoms with E-state index >= 15 is 0 Å². The maximum atomic E-state index is 13.8. The van der Waals surface area contributed by atoms with Crippen LogP contribution in [-0.4, -0.2) is 12.3 Å². The highest BCUT2D eigenvalue weighted by Crippen LogP contribution is 2.25. The van der Waals surface area contributed by atoms with Gasteiger partial charge in [0.05, 0.1) is 5.69 Å². The van der Waals surface area contributed by atoms with Crippen LogP contribution in [0, 0.1) is 5.82 Å². The maximum Gasteiger partial charge on any atom is 0.159 e. The highest BCUT2D eigenvalue weighted by atomic mass is 19.1. The van der Waals surface area contributed by atoms with Crippen molar-refractivity contribution in [3.63, 3.8) is 0 Å². The van der Waals surface area contributed by atoms with Gasteiger partial charge in [-0.2, -0.15) is 0 Å². The first-order valence-electron chi connectivity index (χ1n) is 7.00. The molecule has 2 rings (SSSR count). The molecule has 110 valence electrons. The lowest BCUT2D eigenvalue weighted by atomic mass is 9.84. The third-order valence-electron chi connectivity index (χ3n) is 3.65. The van der Waals surface area contributed by atoms with E-state index in [0.29, 0.717) is 17.8 Å². The summed E-state index contributed by atoms with van der Waals surface area (Å²) in [6.07, 6.45) is 0. The summed E-state index contributed by atoms with van der Waals surface area (Å²) < 4.78 is 13.8. The number of carbonyl (C=O) groups excluding carboxylic acids is 1. The van der Waals surface area contributed by atoms with E-state index in [1.54, 1.807) is 6.07 Å². The first kappa shape index (κ1) is 15.2. The number of rotatable bonds is 5.